The van der Waals surface area contributed by atoms with Gasteiger partial charge in [-0.25, -0.2) is 0 Å². The molecule has 0 aliphatic carbocycles. The summed E-state index contributed by atoms with van der Waals surface area (Å²) in [6, 6.07) is 8.42. The first-order valence-electron chi connectivity index (χ1n) is 6.29. The van der Waals surface area contributed by atoms with Crippen molar-refractivity contribution in [2.24, 2.45) is 0 Å². The number of benzene rings is 1. The maximum absolute atomic E-state index is 11.6. The van der Waals surface area contributed by atoms with E-state index < -0.39 is 0 Å². The molecule has 0 atom stereocenters. The fourth-order valence-corrected chi connectivity index (χ4v) is 1.85. The molecule has 1 aromatic carbocycles. The molecule has 0 N–H and O–H groups in total. The Bertz CT molecular complexity index is 328. The third kappa shape index (κ3) is 5.11. The first-order valence-corrected chi connectivity index (χ1v) is 6.29. The van der Waals surface area contributed by atoms with Gasteiger partial charge >= 0.3 is 0 Å². The number of unbranched alkanes of at least 4 members (excludes halogenated alkanes) is 2. The van der Waals surface area contributed by atoms with E-state index >= 15 is 0 Å². The molecule has 0 radical (unpaired) electrons. The minimum Gasteiger partial charge on any atom is -0.300 e. The molecule has 16 heavy (non-hydrogen) atoms. The number of carbonyl (C=O) groups is 1. The summed E-state index contributed by atoms with van der Waals surface area (Å²) in [5.74, 6) is 0.412. The van der Waals surface area contributed by atoms with Crippen molar-refractivity contribution in [2.75, 3.05) is 0 Å². The van der Waals surface area contributed by atoms with Crippen LogP contribution in [-0.4, -0.2) is 5.78 Å². The number of carbonyl (C=O) groups excluding carboxylic acids is 1. The van der Waals surface area contributed by atoms with Crippen LogP contribution < -0.4 is 0 Å². The van der Waals surface area contributed by atoms with Gasteiger partial charge < -0.3 is 0 Å². The maximum Gasteiger partial charge on any atom is 0.133 e. The Labute approximate surface area is 98.9 Å². The van der Waals surface area contributed by atoms with Gasteiger partial charge in [0.15, 0.2) is 0 Å². The molecular formula is C15H22O. The predicted molar refractivity (Wildman–Crippen MR) is 68.6 cm³/mol. The van der Waals surface area contributed by atoms with E-state index in [9.17, 15) is 4.79 Å². The SMILES string of the molecule is CCCCCC(=O)CCc1cccc(C)c1. The lowest BCUT2D eigenvalue weighted by Gasteiger charge is -2.02. The topological polar surface area (TPSA) is 17.1 Å². The number of Topliss-reactive ketones (excluding diaryl/α,β-unsaturated/α-hetero) is 1. The highest BCUT2D eigenvalue weighted by molar-refractivity contribution is 5.78. The van der Waals surface area contributed by atoms with Crippen molar-refractivity contribution in [3.63, 3.8) is 0 Å². The van der Waals surface area contributed by atoms with Crippen LogP contribution >= 0.6 is 0 Å². The standard InChI is InChI=1S/C15H22O/c1-3-4-5-9-15(16)11-10-14-8-6-7-13(2)12-14/h6-8,12H,3-5,9-11H2,1-2H3. The summed E-state index contributed by atoms with van der Waals surface area (Å²) < 4.78 is 0. The quantitative estimate of drug-likeness (QED) is 0.630. The summed E-state index contributed by atoms with van der Waals surface area (Å²) in [5.41, 5.74) is 2.56. The van der Waals surface area contributed by atoms with E-state index in [1.165, 1.54) is 24.0 Å². The zero-order chi connectivity index (χ0) is 11.8. The van der Waals surface area contributed by atoms with E-state index in [1.54, 1.807) is 0 Å². The molecule has 1 aromatic rings. The van der Waals surface area contributed by atoms with E-state index in [0.717, 1.165) is 19.3 Å². The van der Waals surface area contributed by atoms with Gasteiger partial charge in [0, 0.05) is 12.8 Å². The summed E-state index contributed by atoms with van der Waals surface area (Å²) in [6.07, 6.45) is 5.78. The first-order chi connectivity index (χ1) is 7.72. The summed E-state index contributed by atoms with van der Waals surface area (Å²) in [7, 11) is 0. The van der Waals surface area contributed by atoms with Crippen molar-refractivity contribution in [3.8, 4) is 0 Å². The van der Waals surface area contributed by atoms with Gasteiger partial charge in [-0.3, -0.25) is 4.79 Å². The minimum absolute atomic E-state index is 0.412. The third-order valence-electron chi connectivity index (χ3n) is 2.83. The van der Waals surface area contributed by atoms with Crippen molar-refractivity contribution >= 4 is 5.78 Å². The fraction of sp³-hybridized carbons (Fsp3) is 0.533. The molecule has 0 saturated heterocycles. The third-order valence-corrected chi connectivity index (χ3v) is 2.83. The molecule has 0 heterocycles. The molecule has 0 amide bonds. The monoisotopic (exact) mass is 218 g/mol. The highest BCUT2D eigenvalue weighted by Crippen LogP contribution is 2.09. The molecule has 0 unspecified atom stereocenters. The van der Waals surface area contributed by atoms with Gasteiger partial charge in [0.2, 0.25) is 0 Å². The average Bonchev–Trinajstić information content (AvgIpc) is 2.27. The normalized spacial score (nSPS) is 10.4. The Kier molecular flexibility index (Phi) is 5.84. The largest absolute Gasteiger partial charge is 0.300 e. The second-order valence-electron chi connectivity index (χ2n) is 4.48. The van der Waals surface area contributed by atoms with Crippen molar-refractivity contribution in [1.82, 2.24) is 0 Å². The molecule has 0 spiro atoms. The van der Waals surface area contributed by atoms with Crippen LogP contribution in [0, 0.1) is 6.92 Å². The Morgan fingerprint density at radius 3 is 2.69 bits per heavy atom. The Hall–Kier alpha value is -1.11. The Morgan fingerprint density at radius 1 is 1.19 bits per heavy atom. The highest BCUT2D eigenvalue weighted by atomic mass is 16.1. The second-order valence-corrected chi connectivity index (χ2v) is 4.48. The van der Waals surface area contributed by atoms with Gasteiger partial charge in [-0.05, 0) is 25.3 Å². The second kappa shape index (κ2) is 7.21. The van der Waals surface area contributed by atoms with Crippen LogP contribution in [0.5, 0.6) is 0 Å². The van der Waals surface area contributed by atoms with Crippen LogP contribution in [-0.2, 0) is 11.2 Å². The lowest BCUT2D eigenvalue weighted by molar-refractivity contribution is -0.119. The van der Waals surface area contributed by atoms with E-state index in [1.807, 2.05) is 0 Å². The van der Waals surface area contributed by atoms with Crippen molar-refractivity contribution in [3.05, 3.63) is 35.4 Å². The van der Waals surface area contributed by atoms with Gasteiger partial charge in [0.05, 0.1) is 0 Å². The molecule has 1 nitrogen and oxygen atoms in total. The molecule has 1 rings (SSSR count). The number of ketones is 1. The molecule has 0 aliphatic heterocycles. The van der Waals surface area contributed by atoms with E-state index in [0.29, 0.717) is 12.2 Å². The van der Waals surface area contributed by atoms with Crippen LogP contribution in [0.4, 0.5) is 0 Å². The van der Waals surface area contributed by atoms with Crippen LogP contribution in [0.3, 0.4) is 0 Å². The Morgan fingerprint density at radius 2 is 2.00 bits per heavy atom. The van der Waals surface area contributed by atoms with E-state index in [4.69, 9.17) is 0 Å². The summed E-state index contributed by atoms with van der Waals surface area (Å²) in [6.45, 7) is 4.25. The van der Waals surface area contributed by atoms with Gasteiger partial charge in [0.25, 0.3) is 0 Å². The average molecular weight is 218 g/mol. The summed E-state index contributed by atoms with van der Waals surface area (Å²) >= 11 is 0. The fourth-order valence-electron chi connectivity index (χ4n) is 1.85. The molecule has 0 bridgehead atoms. The number of hydrogen-bond donors (Lipinski definition) is 0. The van der Waals surface area contributed by atoms with E-state index in [2.05, 4.69) is 38.1 Å². The van der Waals surface area contributed by atoms with Crippen molar-refractivity contribution in [2.45, 2.75) is 52.4 Å². The Balaban J connectivity index is 2.26. The van der Waals surface area contributed by atoms with Crippen LogP contribution in [0.15, 0.2) is 24.3 Å². The van der Waals surface area contributed by atoms with Crippen LogP contribution in [0.1, 0.15) is 50.2 Å². The highest BCUT2D eigenvalue weighted by Gasteiger charge is 2.02. The molecule has 0 saturated carbocycles. The first kappa shape index (κ1) is 13.0. The van der Waals surface area contributed by atoms with Crippen LogP contribution in [0.25, 0.3) is 0 Å². The molecule has 0 fully saturated rings. The maximum atomic E-state index is 11.6. The van der Waals surface area contributed by atoms with Gasteiger partial charge in [-0.2, -0.15) is 0 Å². The van der Waals surface area contributed by atoms with Crippen molar-refractivity contribution in [1.29, 1.82) is 0 Å². The number of aryl methyl sites for hydroxylation is 2. The van der Waals surface area contributed by atoms with Crippen molar-refractivity contribution < 1.29 is 4.79 Å². The molecular weight excluding hydrogens is 196 g/mol. The molecule has 1 heteroatoms. The number of rotatable bonds is 7. The molecule has 88 valence electrons. The summed E-state index contributed by atoms with van der Waals surface area (Å²) in [5, 5.41) is 0. The summed E-state index contributed by atoms with van der Waals surface area (Å²) in [4.78, 5) is 11.6. The smallest absolute Gasteiger partial charge is 0.133 e. The van der Waals surface area contributed by atoms with Gasteiger partial charge in [0.1, 0.15) is 5.78 Å². The molecule has 0 aliphatic rings. The minimum atomic E-state index is 0.412. The lowest BCUT2D eigenvalue weighted by Crippen LogP contribution is -2.00. The van der Waals surface area contributed by atoms with Gasteiger partial charge in [-0.1, -0.05) is 49.6 Å². The zero-order valence-corrected chi connectivity index (χ0v) is 10.5. The van der Waals surface area contributed by atoms with Gasteiger partial charge in [-0.15, -0.1) is 0 Å². The number of hydrogen-bond acceptors (Lipinski definition) is 1. The van der Waals surface area contributed by atoms with E-state index in [-0.39, 0.29) is 0 Å². The zero-order valence-electron chi connectivity index (χ0n) is 10.5. The van der Waals surface area contributed by atoms with Crippen LogP contribution in [0.2, 0.25) is 0 Å². The lowest BCUT2D eigenvalue weighted by atomic mass is 10.0. The molecule has 0 aromatic heterocycles. The predicted octanol–water partition coefficient (Wildman–Crippen LogP) is 4.08.